The average molecular weight is 366 g/mol. The lowest BCUT2D eigenvalue weighted by Gasteiger charge is -2.32. The molecule has 1 aromatic heterocycles. The SMILES string of the molecule is Cc1nc(N[C@H]2CCN(Cc3ccccc3)C2)nc2c1NC(=O)[C@H](C)N2C. The standard InChI is InChI=1S/C20H26N6O/c1-13-17-18(25(3)14(2)19(27)23-17)24-20(21-13)22-16-9-10-26(12-16)11-15-7-5-4-6-8-15/h4-8,14,16H,9-12H2,1-3H3,(H,23,27)(H,21,22,24)/t14-,16-/m0/s1. The lowest BCUT2D eigenvalue weighted by Crippen LogP contribution is -2.45. The maximum Gasteiger partial charge on any atom is 0.246 e. The molecular formula is C20H26N6O. The van der Waals surface area contributed by atoms with E-state index in [-0.39, 0.29) is 11.9 Å². The van der Waals surface area contributed by atoms with E-state index in [1.165, 1.54) is 5.56 Å². The number of carbonyl (C=O) groups is 1. The molecule has 1 amide bonds. The molecule has 1 aromatic carbocycles. The number of likely N-dealkylation sites (N-methyl/N-ethyl adjacent to an activating group) is 1. The van der Waals surface area contributed by atoms with Crippen LogP contribution >= 0.6 is 0 Å². The Morgan fingerprint density at radius 3 is 2.81 bits per heavy atom. The average Bonchev–Trinajstić information content (AvgIpc) is 3.08. The predicted octanol–water partition coefficient (Wildman–Crippen LogP) is 2.25. The van der Waals surface area contributed by atoms with Gasteiger partial charge in [-0.15, -0.1) is 0 Å². The molecule has 3 heterocycles. The van der Waals surface area contributed by atoms with Crippen LogP contribution in [0.15, 0.2) is 30.3 Å². The third-order valence-corrected chi connectivity index (χ3v) is 5.47. The number of rotatable bonds is 4. The molecule has 7 heteroatoms. The van der Waals surface area contributed by atoms with Crippen LogP contribution in [0.5, 0.6) is 0 Å². The van der Waals surface area contributed by atoms with Gasteiger partial charge in [0, 0.05) is 32.7 Å². The Morgan fingerprint density at radius 1 is 1.26 bits per heavy atom. The number of amides is 1. The molecule has 0 aliphatic carbocycles. The summed E-state index contributed by atoms with van der Waals surface area (Å²) in [5, 5.41) is 6.41. The van der Waals surface area contributed by atoms with Gasteiger partial charge in [-0.1, -0.05) is 30.3 Å². The van der Waals surface area contributed by atoms with E-state index in [4.69, 9.17) is 0 Å². The number of hydrogen-bond donors (Lipinski definition) is 2. The van der Waals surface area contributed by atoms with E-state index >= 15 is 0 Å². The summed E-state index contributed by atoms with van der Waals surface area (Å²) in [6.45, 7) is 6.78. The number of aromatic nitrogens is 2. The lowest BCUT2D eigenvalue weighted by atomic mass is 10.2. The van der Waals surface area contributed by atoms with Crippen molar-refractivity contribution in [1.82, 2.24) is 14.9 Å². The number of aryl methyl sites for hydroxylation is 1. The Balaban J connectivity index is 1.45. The Hall–Kier alpha value is -2.67. The number of nitrogens with one attached hydrogen (secondary N) is 2. The molecule has 0 saturated carbocycles. The van der Waals surface area contributed by atoms with E-state index in [1.807, 2.05) is 31.9 Å². The monoisotopic (exact) mass is 366 g/mol. The van der Waals surface area contributed by atoms with E-state index in [1.54, 1.807) is 0 Å². The molecule has 142 valence electrons. The van der Waals surface area contributed by atoms with Gasteiger partial charge in [-0.05, 0) is 25.8 Å². The minimum Gasteiger partial charge on any atom is -0.350 e. The molecule has 0 unspecified atom stereocenters. The Labute approximate surface area is 159 Å². The van der Waals surface area contributed by atoms with Crippen LogP contribution in [0.2, 0.25) is 0 Å². The minimum absolute atomic E-state index is 0.0234. The molecule has 2 atom stereocenters. The second kappa shape index (κ2) is 7.15. The maximum atomic E-state index is 12.0. The van der Waals surface area contributed by atoms with Gasteiger partial charge in [-0.25, -0.2) is 4.98 Å². The molecule has 2 aromatic rings. The molecule has 4 rings (SSSR count). The van der Waals surface area contributed by atoms with Gasteiger partial charge >= 0.3 is 0 Å². The molecule has 2 N–H and O–H groups in total. The van der Waals surface area contributed by atoms with Crippen molar-refractivity contribution in [3.63, 3.8) is 0 Å². The molecule has 1 fully saturated rings. The first-order valence-corrected chi connectivity index (χ1v) is 9.46. The first-order chi connectivity index (χ1) is 13.0. The largest absolute Gasteiger partial charge is 0.350 e. The number of fused-ring (bicyclic) bond motifs is 1. The molecule has 7 nitrogen and oxygen atoms in total. The van der Waals surface area contributed by atoms with Gasteiger partial charge in [-0.3, -0.25) is 9.69 Å². The van der Waals surface area contributed by atoms with Gasteiger partial charge in [0.2, 0.25) is 11.9 Å². The fourth-order valence-electron chi connectivity index (χ4n) is 3.73. The van der Waals surface area contributed by atoms with Crippen molar-refractivity contribution in [2.75, 3.05) is 35.7 Å². The van der Waals surface area contributed by atoms with Crippen molar-refractivity contribution >= 4 is 23.4 Å². The van der Waals surface area contributed by atoms with Gasteiger partial charge in [0.15, 0.2) is 5.82 Å². The van der Waals surface area contributed by atoms with Gasteiger partial charge in [0.25, 0.3) is 0 Å². The Kier molecular flexibility index (Phi) is 4.70. The first kappa shape index (κ1) is 17.7. The number of likely N-dealkylation sites (tertiary alicyclic amines) is 1. The zero-order valence-electron chi connectivity index (χ0n) is 16.1. The van der Waals surface area contributed by atoms with Crippen molar-refractivity contribution in [2.24, 2.45) is 0 Å². The van der Waals surface area contributed by atoms with Gasteiger partial charge < -0.3 is 15.5 Å². The highest BCUT2D eigenvalue weighted by atomic mass is 16.2. The summed E-state index contributed by atoms with van der Waals surface area (Å²) in [4.78, 5) is 25.7. The summed E-state index contributed by atoms with van der Waals surface area (Å²) >= 11 is 0. The lowest BCUT2D eigenvalue weighted by molar-refractivity contribution is -0.117. The molecule has 0 radical (unpaired) electrons. The summed E-state index contributed by atoms with van der Waals surface area (Å²) in [7, 11) is 1.90. The highest BCUT2D eigenvalue weighted by molar-refractivity contribution is 6.03. The second-order valence-electron chi connectivity index (χ2n) is 7.46. The fourth-order valence-corrected chi connectivity index (χ4v) is 3.73. The van der Waals surface area contributed by atoms with E-state index in [9.17, 15) is 4.79 Å². The molecule has 2 aliphatic heterocycles. The third-order valence-electron chi connectivity index (χ3n) is 5.47. The predicted molar refractivity (Wildman–Crippen MR) is 107 cm³/mol. The summed E-state index contributed by atoms with van der Waals surface area (Å²) < 4.78 is 0. The van der Waals surface area contributed by atoms with E-state index in [2.05, 4.69) is 49.8 Å². The zero-order chi connectivity index (χ0) is 19.0. The molecule has 0 spiro atoms. The Morgan fingerprint density at radius 2 is 2.04 bits per heavy atom. The number of benzene rings is 1. The van der Waals surface area contributed by atoms with Gasteiger partial charge in [-0.2, -0.15) is 4.98 Å². The number of anilines is 3. The van der Waals surface area contributed by atoms with Crippen LogP contribution in [0, 0.1) is 6.92 Å². The van der Waals surface area contributed by atoms with Crippen molar-refractivity contribution in [3.05, 3.63) is 41.6 Å². The van der Waals surface area contributed by atoms with Crippen LogP contribution in [0.25, 0.3) is 0 Å². The highest BCUT2D eigenvalue weighted by Crippen LogP contribution is 2.32. The normalized spacial score (nSPS) is 22.5. The van der Waals surface area contributed by atoms with Crippen LogP contribution in [0.3, 0.4) is 0 Å². The van der Waals surface area contributed by atoms with Gasteiger partial charge in [0.1, 0.15) is 11.7 Å². The number of carbonyl (C=O) groups excluding carboxylic acids is 1. The summed E-state index contributed by atoms with van der Waals surface area (Å²) in [6, 6.07) is 10.6. The van der Waals surface area contributed by atoms with E-state index in [0.717, 1.165) is 37.6 Å². The van der Waals surface area contributed by atoms with Crippen molar-refractivity contribution in [2.45, 2.75) is 38.9 Å². The number of nitrogens with zero attached hydrogens (tertiary/aromatic N) is 4. The summed E-state index contributed by atoms with van der Waals surface area (Å²) in [5.74, 6) is 1.38. The van der Waals surface area contributed by atoms with E-state index < -0.39 is 0 Å². The third kappa shape index (κ3) is 3.60. The van der Waals surface area contributed by atoms with E-state index in [0.29, 0.717) is 17.7 Å². The zero-order valence-corrected chi connectivity index (χ0v) is 16.1. The smallest absolute Gasteiger partial charge is 0.246 e. The minimum atomic E-state index is -0.243. The van der Waals surface area contributed by atoms with Gasteiger partial charge in [0.05, 0.1) is 5.69 Å². The second-order valence-corrected chi connectivity index (χ2v) is 7.46. The topological polar surface area (TPSA) is 73.4 Å². The number of hydrogen-bond acceptors (Lipinski definition) is 6. The highest BCUT2D eigenvalue weighted by Gasteiger charge is 2.31. The molecule has 0 bridgehead atoms. The molecule has 27 heavy (non-hydrogen) atoms. The van der Waals surface area contributed by atoms with Crippen LogP contribution in [0.4, 0.5) is 17.5 Å². The quantitative estimate of drug-likeness (QED) is 0.865. The molecular weight excluding hydrogens is 340 g/mol. The molecule has 1 saturated heterocycles. The summed E-state index contributed by atoms with van der Waals surface area (Å²) in [6.07, 6.45) is 1.06. The molecule has 2 aliphatic rings. The van der Waals surface area contributed by atoms with Crippen molar-refractivity contribution < 1.29 is 4.79 Å². The first-order valence-electron chi connectivity index (χ1n) is 9.46. The van der Waals surface area contributed by atoms with Crippen LogP contribution in [-0.2, 0) is 11.3 Å². The van der Waals surface area contributed by atoms with Crippen LogP contribution < -0.4 is 15.5 Å². The van der Waals surface area contributed by atoms with Crippen molar-refractivity contribution in [1.29, 1.82) is 0 Å². The van der Waals surface area contributed by atoms with Crippen molar-refractivity contribution in [3.8, 4) is 0 Å². The van der Waals surface area contributed by atoms with Crippen LogP contribution in [0.1, 0.15) is 24.6 Å². The summed E-state index contributed by atoms with van der Waals surface area (Å²) in [5.41, 5.74) is 2.84. The maximum absolute atomic E-state index is 12.0. The fraction of sp³-hybridized carbons (Fsp3) is 0.450. The van der Waals surface area contributed by atoms with Crippen LogP contribution in [-0.4, -0.2) is 53.0 Å². The Bertz CT molecular complexity index is 840.